The van der Waals surface area contributed by atoms with Crippen molar-refractivity contribution in [1.29, 1.82) is 0 Å². The van der Waals surface area contributed by atoms with Crippen LogP contribution in [0.5, 0.6) is 0 Å². The lowest BCUT2D eigenvalue weighted by Gasteiger charge is -2.24. The van der Waals surface area contributed by atoms with Crippen LogP contribution < -0.4 is 9.44 Å². The molecule has 3 rings (SSSR count). The highest BCUT2D eigenvalue weighted by Crippen LogP contribution is 2.36. The topological polar surface area (TPSA) is 100 Å². The second-order valence-corrected chi connectivity index (χ2v) is 12.8. The molecule has 2 N–H and O–H groups in total. The van der Waals surface area contributed by atoms with Crippen molar-refractivity contribution in [2.24, 2.45) is 0 Å². The van der Waals surface area contributed by atoms with Crippen LogP contribution in [0.25, 0.3) is 21.6 Å². The van der Waals surface area contributed by atoms with Crippen molar-refractivity contribution in [3.8, 4) is 21.6 Å². The van der Waals surface area contributed by atoms with Gasteiger partial charge in [0.05, 0.1) is 52.7 Å². The molecule has 3 aromatic rings. The number of nitrogens with one attached hydrogen (secondary N) is 2. The molecule has 0 atom stereocenters. The summed E-state index contributed by atoms with van der Waals surface area (Å²) in [7, 11) is 1.64. The van der Waals surface area contributed by atoms with Gasteiger partial charge in [0.25, 0.3) is 0 Å². The standard InChI is InChI=1S/C33H47N3O6S2/c1-24(2)35-44-36-28-7-8-29(25(3)19-28)30-20-27(22-43-30)26-9-11-34-31(21-26)33(4,5)23-42-32(37)10-12-39-15-16-41-18-17-40-14-13-38-6/h7-9,11,19-22,24,35-36H,10,12-18,23H2,1-6H3. The average molecular weight is 646 g/mol. The Morgan fingerprint density at radius 3 is 2.34 bits per heavy atom. The number of anilines is 1. The monoisotopic (exact) mass is 645 g/mol. The first-order valence-electron chi connectivity index (χ1n) is 14.9. The molecule has 242 valence electrons. The molecule has 0 radical (unpaired) electrons. The number of thiophene rings is 1. The van der Waals surface area contributed by atoms with Crippen molar-refractivity contribution in [1.82, 2.24) is 9.71 Å². The van der Waals surface area contributed by atoms with Crippen LogP contribution in [0.3, 0.4) is 0 Å². The molecule has 44 heavy (non-hydrogen) atoms. The Balaban J connectivity index is 1.45. The van der Waals surface area contributed by atoms with Crippen LogP contribution >= 0.6 is 23.5 Å². The lowest BCUT2D eigenvalue weighted by molar-refractivity contribution is -0.146. The van der Waals surface area contributed by atoms with Gasteiger partial charge in [-0.1, -0.05) is 19.9 Å². The fourth-order valence-corrected chi connectivity index (χ4v) is 5.61. The van der Waals surface area contributed by atoms with Gasteiger partial charge >= 0.3 is 5.97 Å². The normalized spacial score (nSPS) is 11.7. The number of carbonyl (C=O) groups excluding carboxylic acids is 1. The molecule has 0 aliphatic carbocycles. The number of nitrogens with zero attached hydrogens (tertiary/aromatic N) is 1. The number of ether oxygens (including phenoxy) is 5. The molecule has 0 unspecified atom stereocenters. The van der Waals surface area contributed by atoms with Crippen molar-refractivity contribution >= 4 is 35.1 Å². The van der Waals surface area contributed by atoms with E-state index >= 15 is 0 Å². The van der Waals surface area contributed by atoms with Gasteiger partial charge in [0.2, 0.25) is 0 Å². The second-order valence-electron chi connectivity index (χ2n) is 11.3. The molecule has 0 saturated heterocycles. The number of rotatable bonds is 21. The lowest BCUT2D eigenvalue weighted by atomic mass is 9.88. The first-order valence-corrected chi connectivity index (χ1v) is 16.6. The van der Waals surface area contributed by atoms with Crippen LogP contribution in [0, 0.1) is 6.92 Å². The van der Waals surface area contributed by atoms with Gasteiger partial charge in [0.1, 0.15) is 6.61 Å². The van der Waals surface area contributed by atoms with E-state index in [1.807, 2.05) is 26.1 Å². The SMILES string of the molecule is COCCOCCOCCOCCC(=O)OCC(C)(C)c1cc(-c2csc(-c3ccc(NSNC(C)C)cc3C)c2)ccn1. The van der Waals surface area contributed by atoms with Gasteiger partial charge in [-0.25, -0.2) is 4.72 Å². The molecule has 9 nitrogen and oxygen atoms in total. The Bertz CT molecular complexity index is 1280. The number of carbonyl (C=O) groups is 1. The molecule has 2 aromatic heterocycles. The van der Waals surface area contributed by atoms with Crippen LogP contribution in [0.1, 0.15) is 45.4 Å². The molecule has 0 aliphatic rings. The second kappa shape index (κ2) is 19.1. The summed E-state index contributed by atoms with van der Waals surface area (Å²) in [6.07, 6.45) is 2.01. The number of pyridine rings is 1. The molecule has 11 heteroatoms. The van der Waals surface area contributed by atoms with Crippen LogP contribution in [-0.4, -0.2) is 77.0 Å². The van der Waals surface area contributed by atoms with Crippen molar-refractivity contribution < 1.29 is 28.5 Å². The smallest absolute Gasteiger partial charge is 0.308 e. The Labute approximate surface area is 270 Å². The maximum absolute atomic E-state index is 12.3. The van der Waals surface area contributed by atoms with E-state index in [1.54, 1.807) is 18.4 Å². The molecule has 0 fully saturated rings. The van der Waals surface area contributed by atoms with Gasteiger partial charge in [-0.15, -0.1) is 11.3 Å². The third-order valence-electron chi connectivity index (χ3n) is 6.56. The van der Waals surface area contributed by atoms with Crippen molar-refractivity contribution in [2.75, 3.05) is 64.7 Å². The summed E-state index contributed by atoms with van der Waals surface area (Å²) in [6.45, 7) is 13.9. The van der Waals surface area contributed by atoms with Gasteiger partial charge in [-0.05, 0) is 78.7 Å². The van der Waals surface area contributed by atoms with Crippen LogP contribution in [-0.2, 0) is 33.9 Å². The highest BCUT2D eigenvalue weighted by Gasteiger charge is 2.25. The van der Waals surface area contributed by atoms with E-state index in [4.69, 9.17) is 23.7 Å². The van der Waals surface area contributed by atoms with Crippen LogP contribution in [0.2, 0.25) is 0 Å². The maximum atomic E-state index is 12.3. The first kappa shape index (κ1) is 36.0. The van der Waals surface area contributed by atoms with E-state index in [0.717, 1.165) is 22.5 Å². The summed E-state index contributed by atoms with van der Waals surface area (Å²) in [5, 5.41) is 2.18. The zero-order valence-electron chi connectivity index (χ0n) is 26.8. The number of hydrogen-bond acceptors (Lipinski definition) is 11. The van der Waals surface area contributed by atoms with Gasteiger partial charge < -0.3 is 28.4 Å². The predicted octanol–water partition coefficient (Wildman–Crippen LogP) is 6.67. The number of benzene rings is 1. The molecule has 1 aromatic carbocycles. The summed E-state index contributed by atoms with van der Waals surface area (Å²) in [5.41, 5.74) is 6.14. The largest absolute Gasteiger partial charge is 0.465 e. The molecule has 0 saturated carbocycles. The van der Waals surface area contributed by atoms with Gasteiger partial charge in [-0.2, -0.15) is 0 Å². The summed E-state index contributed by atoms with van der Waals surface area (Å²) in [4.78, 5) is 18.2. The van der Waals surface area contributed by atoms with Gasteiger partial charge in [0.15, 0.2) is 0 Å². The number of methoxy groups -OCH3 is 1. The van der Waals surface area contributed by atoms with E-state index in [2.05, 4.69) is 70.9 Å². The predicted molar refractivity (Wildman–Crippen MR) is 180 cm³/mol. The van der Waals surface area contributed by atoms with Crippen molar-refractivity contribution in [2.45, 2.75) is 52.5 Å². The Kier molecular flexibility index (Phi) is 15.6. The Morgan fingerprint density at radius 2 is 1.66 bits per heavy atom. The van der Waals surface area contributed by atoms with Crippen LogP contribution in [0.4, 0.5) is 5.69 Å². The minimum Gasteiger partial charge on any atom is -0.465 e. The van der Waals surface area contributed by atoms with Gasteiger partial charge in [-0.3, -0.25) is 9.78 Å². The fourth-order valence-electron chi connectivity index (χ4n) is 4.07. The molecule has 2 heterocycles. The summed E-state index contributed by atoms with van der Waals surface area (Å²) in [6, 6.07) is 13.2. The van der Waals surface area contributed by atoms with Crippen LogP contribution in [0.15, 0.2) is 48.0 Å². The Morgan fingerprint density at radius 1 is 0.955 bits per heavy atom. The number of aryl methyl sites for hydroxylation is 1. The summed E-state index contributed by atoms with van der Waals surface area (Å²) < 4.78 is 33.4. The third kappa shape index (κ3) is 12.5. The zero-order chi connectivity index (χ0) is 31.8. The quantitative estimate of drug-likeness (QED) is 0.0743. The van der Waals surface area contributed by atoms with E-state index in [1.165, 1.54) is 28.1 Å². The average Bonchev–Trinajstić information content (AvgIpc) is 3.49. The molecule has 0 bridgehead atoms. The van der Waals surface area contributed by atoms with E-state index in [-0.39, 0.29) is 25.6 Å². The third-order valence-corrected chi connectivity index (χ3v) is 8.45. The van der Waals surface area contributed by atoms with E-state index in [0.29, 0.717) is 45.7 Å². The molecular weight excluding hydrogens is 599 g/mol. The van der Waals surface area contributed by atoms with Gasteiger partial charge in [0, 0.05) is 53.2 Å². The number of esters is 1. The summed E-state index contributed by atoms with van der Waals surface area (Å²) in [5.74, 6) is -0.296. The highest BCUT2D eigenvalue weighted by atomic mass is 32.2. The van der Waals surface area contributed by atoms with E-state index in [9.17, 15) is 4.79 Å². The lowest BCUT2D eigenvalue weighted by Crippen LogP contribution is -2.27. The molecule has 0 spiro atoms. The number of aromatic nitrogens is 1. The van der Waals surface area contributed by atoms with Crippen molar-refractivity contribution in [3.63, 3.8) is 0 Å². The highest BCUT2D eigenvalue weighted by molar-refractivity contribution is 7.98. The number of hydrogen-bond donors (Lipinski definition) is 2. The molecule has 0 aliphatic heterocycles. The zero-order valence-corrected chi connectivity index (χ0v) is 28.4. The Hall–Kier alpha value is -2.51. The van der Waals surface area contributed by atoms with Crippen molar-refractivity contribution in [3.05, 3.63) is 59.2 Å². The molecular formula is C33H47N3O6S2. The summed E-state index contributed by atoms with van der Waals surface area (Å²) >= 11 is 3.22. The fraction of sp³-hybridized carbons (Fsp3) is 0.515. The molecule has 0 amide bonds. The first-order chi connectivity index (χ1) is 21.2. The minimum absolute atomic E-state index is 0.186. The minimum atomic E-state index is -0.452. The van der Waals surface area contributed by atoms with E-state index < -0.39 is 5.41 Å². The maximum Gasteiger partial charge on any atom is 0.308 e.